The number of rotatable bonds is 4. The molecular formula is C22H17ClN4. The van der Waals surface area contributed by atoms with Gasteiger partial charge in [0.05, 0.1) is 5.69 Å². The molecule has 0 radical (unpaired) electrons. The van der Waals surface area contributed by atoms with Crippen LogP contribution in [0.3, 0.4) is 0 Å². The van der Waals surface area contributed by atoms with Gasteiger partial charge in [-0.25, -0.2) is 4.98 Å². The van der Waals surface area contributed by atoms with Gasteiger partial charge < -0.3 is 11.1 Å². The molecule has 4 nitrogen and oxygen atoms in total. The van der Waals surface area contributed by atoms with E-state index in [1.165, 1.54) is 0 Å². The SMILES string of the molecule is Nc1nc(Nc2ccc(Cl)cc2)cc(-c2ccccc2-c2ccccc2)n1. The number of hydrogen-bond acceptors (Lipinski definition) is 4. The molecular weight excluding hydrogens is 356 g/mol. The highest BCUT2D eigenvalue weighted by Crippen LogP contribution is 2.32. The molecule has 1 heterocycles. The first-order valence-electron chi connectivity index (χ1n) is 8.51. The van der Waals surface area contributed by atoms with Crippen LogP contribution in [0.2, 0.25) is 5.02 Å². The van der Waals surface area contributed by atoms with Crippen LogP contribution in [0.4, 0.5) is 17.5 Å². The van der Waals surface area contributed by atoms with Gasteiger partial charge in [0.15, 0.2) is 0 Å². The van der Waals surface area contributed by atoms with E-state index in [0.29, 0.717) is 10.8 Å². The van der Waals surface area contributed by atoms with Crippen molar-refractivity contribution in [3.63, 3.8) is 0 Å². The van der Waals surface area contributed by atoms with Crippen LogP contribution in [0.1, 0.15) is 0 Å². The molecule has 0 amide bonds. The summed E-state index contributed by atoms with van der Waals surface area (Å²) in [4.78, 5) is 8.75. The van der Waals surface area contributed by atoms with Crippen LogP contribution in [-0.4, -0.2) is 9.97 Å². The Bertz CT molecular complexity index is 1060. The first-order valence-corrected chi connectivity index (χ1v) is 8.89. The number of benzene rings is 3. The van der Waals surface area contributed by atoms with Crippen molar-refractivity contribution >= 4 is 29.1 Å². The monoisotopic (exact) mass is 372 g/mol. The number of nitrogens with zero attached hydrogens (tertiary/aromatic N) is 2. The van der Waals surface area contributed by atoms with Gasteiger partial charge in [0.25, 0.3) is 0 Å². The predicted octanol–water partition coefficient (Wildman–Crippen LogP) is 5.79. The minimum Gasteiger partial charge on any atom is -0.368 e. The zero-order valence-corrected chi connectivity index (χ0v) is 15.2. The summed E-state index contributed by atoms with van der Waals surface area (Å²) in [6.45, 7) is 0. The van der Waals surface area contributed by atoms with Gasteiger partial charge in [-0.2, -0.15) is 4.98 Å². The van der Waals surface area contributed by atoms with E-state index in [-0.39, 0.29) is 5.95 Å². The highest BCUT2D eigenvalue weighted by Gasteiger charge is 2.11. The van der Waals surface area contributed by atoms with Gasteiger partial charge in [0.2, 0.25) is 5.95 Å². The van der Waals surface area contributed by atoms with E-state index in [2.05, 4.69) is 33.5 Å². The Hall–Kier alpha value is -3.37. The van der Waals surface area contributed by atoms with Gasteiger partial charge in [-0.3, -0.25) is 0 Å². The van der Waals surface area contributed by atoms with E-state index in [4.69, 9.17) is 17.3 Å². The number of anilines is 3. The summed E-state index contributed by atoms with van der Waals surface area (Å²) in [5, 5.41) is 3.93. The number of hydrogen-bond donors (Lipinski definition) is 2. The van der Waals surface area contributed by atoms with Crippen molar-refractivity contribution in [3.05, 3.63) is 90.0 Å². The lowest BCUT2D eigenvalue weighted by Crippen LogP contribution is -2.02. The lowest BCUT2D eigenvalue weighted by molar-refractivity contribution is 1.19. The van der Waals surface area contributed by atoms with Crippen LogP contribution in [-0.2, 0) is 0 Å². The van der Waals surface area contributed by atoms with Crippen LogP contribution in [0, 0.1) is 0 Å². The highest BCUT2D eigenvalue weighted by atomic mass is 35.5. The molecule has 0 bridgehead atoms. The first kappa shape index (κ1) is 17.1. The predicted molar refractivity (Wildman–Crippen MR) is 112 cm³/mol. The summed E-state index contributed by atoms with van der Waals surface area (Å²) in [5.74, 6) is 0.842. The number of nitrogens with two attached hydrogens (primary N) is 1. The van der Waals surface area contributed by atoms with Crippen LogP contribution in [0.25, 0.3) is 22.4 Å². The fourth-order valence-corrected chi connectivity index (χ4v) is 3.05. The van der Waals surface area contributed by atoms with Crippen molar-refractivity contribution in [3.8, 4) is 22.4 Å². The van der Waals surface area contributed by atoms with Crippen molar-refractivity contribution in [2.45, 2.75) is 0 Å². The van der Waals surface area contributed by atoms with Crippen molar-refractivity contribution in [2.24, 2.45) is 0 Å². The molecule has 4 aromatic rings. The zero-order valence-electron chi connectivity index (χ0n) is 14.4. The molecule has 0 aliphatic carbocycles. The minimum atomic E-state index is 0.215. The average Bonchev–Trinajstić information content (AvgIpc) is 2.70. The minimum absolute atomic E-state index is 0.215. The van der Waals surface area contributed by atoms with E-state index in [1.54, 1.807) is 0 Å². The lowest BCUT2D eigenvalue weighted by Gasteiger charge is -2.12. The maximum absolute atomic E-state index is 5.98. The molecule has 27 heavy (non-hydrogen) atoms. The summed E-state index contributed by atoms with van der Waals surface area (Å²) in [7, 11) is 0. The Labute approximate surface area is 162 Å². The Balaban J connectivity index is 1.75. The second-order valence-electron chi connectivity index (χ2n) is 6.04. The number of halogens is 1. The standard InChI is InChI=1S/C22H17ClN4/c23-16-10-12-17(13-11-16)25-21-14-20(26-22(24)27-21)19-9-5-4-8-18(19)15-6-2-1-3-7-15/h1-14H,(H3,24,25,26,27). The molecule has 0 unspecified atom stereocenters. The summed E-state index contributed by atoms with van der Waals surface area (Å²) >= 11 is 5.95. The van der Waals surface area contributed by atoms with E-state index in [0.717, 1.165) is 28.1 Å². The summed E-state index contributed by atoms with van der Waals surface area (Å²) in [6, 6.07) is 27.6. The third kappa shape index (κ3) is 3.91. The molecule has 0 saturated heterocycles. The maximum atomic E-state index is 5.98. The smallest absolute Gasteiger partial charge is 0.222 e. The highest BCUT2D eigenvalue weighted by molar-refractivity contribution is 6.30. The van der Waals surface area contributed by atoms with E-state index >= 15 is 0 Å². The second-order valence-corrected chi connectivity index (χ2v) is 6.48. The molecule has 5 heteroatoms. The molecule has 0 aliphatic rings. The average molecular weight is 373 g/mol. The normalized spacial score (nSPS) is 10.6. The lowest BCUT2D eigenvalue weighted by atomic mass is 9.97. The fourth-order valence-electron chi connectivity index (χ4n) is 2.92. The third-order valence-electron chi connectivity index (χ3n) is 4.15. The molecule has 0 saturated carbocycles. The second kappa shape index (κ2) is 7.48. The van der Waals surface area contributed by atoms with E-state index in [9.17, 15) is 0 Å². The van der Waals surface area contributed by atoms with Gasteiger partial charge in [-0.05, 0) is 35.4 Å². The summed E-state index contributed by atoms with van der Waals surface area (Å²) in [6.07, 6.45) is 0. The maximum Gasteiger partial charge on any atom is 0.222 e. The zero-order chi connectivity index (χ0) is 18.6. The van der Waals surface area contributed by atoms with Crippen LogP contribution >= 0.6 is 11.6 Å². The van der Waals surface area contributed by atoms with Crippen LogP contribution < -0.4 is 11.1 Å². The molecule has 1 aromatic heterocycles. The van der Waals surface area contributed by atoms with Gasteiger partial charge >= 0.3 is 0 Å². The van der Waals surface area contributed by atoms with Crippen molar-refractivity contribution < 1.29 is 0 Å². The molecule has 0 fully saturated rings. The Kier molecular flexibility index (Phi) is 4.73. The molecule has 0 aliphatic heterocycles. The van der Waals surface area contributed by atoms with Crippen LogP contribution in [0.5, 0.6) is 0 Å². The number of nitrogen functional groups attached to an aromatic ring is 1. The fraction of sp³-hybridized carbons (Fsp3) is 0. The third-order valence-corrected chi connectivity index (χ3v) is 4.40. The Morgan fingerprint density at radius 2 is 1.41 bits per heavy atom. The van der Waals surface area contributed by atoms with Crippen molar-refractivity contribution in [1.29, 1.82) is 0 Å². The Morgan fingerprint density at radius 1 is 0.741 bits per heavy atom. The topological polar surface area (TPSA) is 63.8 Å². The van der Waals surface area contributed by atoms with E-state index in [1.807, 2.05) is 66.7 Å². The van der Waals surface area contributed by atoms with Gasteiger partial charge in [-0.15, -0.1) is 0 Å². The van der Waals surface area contributed by atoms with Crippen LogP contribution in [0.15, 0.2) is 84.9 Å². The molecule has 3 aromatic carbocycles. The van der Waals surface area contributed by atoms with Gasteiger partial charge in [0, 0.05) is 22.3 Å². The molecule has 0 spiro atoms. The van der Waals surface area contributed by atoms with Crippen molar-refractivity contribution in [1.82, 2.24) is 9.97 Å². The van der Waals surface area contributed by atoms with Gasteiger partial charge in [0.1, 0.15) is 5.82 Å². The number of nitrogens with one attached hydrogen (secondary N) is 1. The quantitative estimate of drug-likeness (QED) is 0.476. The Morgan fingerprint density at radius 3 is 2.15 bits per heavy atom. The molecule has 0 atom stereocenters. The molecule has 132 valence electrons. The largest absolute Gasteiger partial charge is 0.368 e. The summed E-state index contributed by atoms with van der Waals surface area (Å²) in [5.41, 5.74) is 10.8. The number of aromatic nitrogens is 2. The summed E-state index contributed by atoms with van der Waals surface area (Å²) < 4.78 is 0. The van der Waals surface area contributed by atoms with Gasteiger partial charge in [-0.1, -0.05) is 66.2 Å². The van der Waals surface area contributed by atoms with Crippen molar-refractivity contribution in [2.75, 3.05) is 11.1 Å². The molecule has 3 N–H and O–H groups in total. The first-order chi connectivity index (χ1) is 13.2. The van der Waals surface area contributed by atoms with E-state index < -0.39 is 0 Å². The molecule has 4 rings (SSSR count).